The van der Waals surface area contributed by atoms with Crippen molar-refractivity contribution in [3.63, 3.8) is 0 Å². The summed E-state index contributed by atoms with van der Waals surface area (Å²) in [5, 5.41) is 0. The smallest absolute Gasteiger partial charge is 0.270 e. The number of imide groups is 1. The summed E-state index contributed by atoms with van der Waals surface area (Å²) in [4.78, 5) is 39.9. The average Bonchev–Trinajstić information content (AvgIpc) is 2.94. The van der Waals surface area contributed by atoms with Crippen molar-refractivity contribution in [1.29, 1.82) is 0 Å². The van der Waals surface area contributed by atoms with E-state index in [1.54, 1.807) is 31.2 Å². The lowest BCUT2D eigenvalue weighted by Crippen LogP contribution is -2.45. The van der Waals surface area contributed by atoms with E-state index >= 15 is 0 Å². The fourth-order valence-electron chi connectivity index (χ4n) is 4.08. The summed E-state index contributed by atoms with van der Waals surface area (Å²) in [6.07, 6.45) is 2.15. The summed E-state index contributed by atoms with van der Waals surface area (Å²) in [5.41, 5.74) is 0.442. The highest BCUT2D eigenvalue weighted by Gasteiger charge is 2.36. The van der Waals surface area contributed by atoms with Gasteiger partial charge in [-0.05, 0) is 55.7 Å². The summed E-state index contributed by atoms with van der Waals surface area (Å²) in [6, 6.07) is 12.2. The molecular weight excluding hydrogens is 444 g/mol. The molecule has 1 fully saturated rings. The van der Waals surface area contributed by atoms with Crippen molar-refractivity contribution in [2.24, 2.45) is 0 Å². The molecular formula is C24H26N2O6S. The van der Waals surface area contributed by atoms with Crippen molar-refractivity contribution in [2.75, 3.05) is 19.6 Å². The number of rotatable bonds is 6. The molecule has 9 heteroatoms. The molecule has 174 valence electrons. The Morgan fingerprint density at radius 3 is 2.33 bits per heavy atom. The minimum absolute atomic E-state index is 0.122. The number of fused-ring (bicyclic) bond motifs is 1. The molecule has 1 atom stereocenters. The minimum Gasteiger partial charge on any atom is -0.480 e. The molecule has 0 radical (unpaired) electrons. The standard InChI is InChI=1S/C24H26N2O6S/c1-2-21-24(29)26(23(28)19-8-4-5-9-22(19)32-21)16-20(27)17-10-12-18(13-11-17)33(30,31)25-14-6-3-7-15-25/h4-5,8-13,21H,2-3,6-7,14-16H2,1H3/t21-/m1/s1. The van der Waals surface area contributed by atoms with Crippen molar-refractivity contribution in [3.05, 3.63) is 59.7 Å². The van der Waals surface area contributed by atoms with Gasteiger partial charge in [0.25, 0.3) is 11.8 Å². The lowest BCUT2D eigenvalue weighted by Gasteiger charge is -2.26. The third-order valence-electron chi connectivity index (χ3n) is 5.97. The fourth-order valence-corrected chi connectivity index (χ4v) is 5.60. The van der Waals surface area contributed by atoms with Gasteiger partial charge >= 0.3 is 0 Å². The summed E-state index contributed by atoms with van der Waals surface area (Å²) in [5.74, 6) is -1.32. The Hall–Kier alpha value is -3.04. The molecule has 0 unspecified atom stereocenters. The molecule has 0 saturated carbocycles. The maximum Gasteiger partial charge on any atom is 0.270 e. The molecule has 0 spiro atoms. The number of ketones is 1. The van der Waals surface area contributed by atoms with Gasteiger partial charge in [0.05, 0.1) is 17.0 Å². The van der Waals surface area contributed by atoms with Crippen LogP contribution in [-0.4, -0.2) is 61.0 Å². The van der Waals surface area contributed by atoms with Crippen molar-refractivity contribution in [2.45, 2.75) is 43.6 Å². The van der Waals surface area contributed by atoms with Crippen LogP contribution in [0.25, 0.3) is 0 Å². The van der Waals surface area contributed by atoms with Gasteiger partial charge < -0.3 is 4.74 Å². The van der Waals surface area contributed by atoms with E-state index in [1.165, 1.54) is 28.6 Å². The summed E-state index contributed by atoms with van der Waals surface area (Å²) in [7, 11) is -3.61. The predicted octanol–water partition coefficient (Wildman–Crippen LogP) is 2.88. The highest BCUT2D eigenvalue weighted by atomic mass is 32.2. The van der Waals surface area contributed by atoms with Gasteiger partial charge in [-0.15, -0.1) is 0 Å². The van der Waals surface area contributed by atoms with E-state index in [9.17, 15) is 22.8 Å². The molecule has 33 heavy (non-hydrogen) atoms. The third-order valence-corrected chi connectivity index (χ3v) is 7.89. The Morgan fingerprint density at radius 1 is 1.00 bits per heavy atom. The van der Waals surface area contributed by atoms with Gasteiger partial charge in [0, 0.05) is 18.7 Å². The highest BCUT2D eigenvalue weighted by molar-refractivity contribution is 7.89. The maximum atomic E-state index is 13.0. The van der Waals surface area contributed by atoms with Gasteiger partial charge in [0.2, 0.25) is 10.0 Å². The topological polar surface area (TPSA) is 101 Å². The second-order valence-corrected chi connectivity index (χ2v) is 10.1. The normalized spacial score (nSPS) is 19.5. The molecule has 0 bridgehead atoms. The second-order valence-electron chi connectivity index (χ2n) is 8.15. The van der Waals surface area contributed by atoms with E-state index in [-0.39, 0.29) is 16.0 Å². The summed E-state index contributed by atoms with van der Waals surface area (Å²) in [6.45, 7) is 2.29. The van der Waals surface area contributed by atoms with Crippen molar-refractivity contribution in [3.8, 4) is 5.75 Å². The first kappa shape index (κ1) is 23.1. The Morgan fingerprint density at radius 2 is 1.67 bits per heavy atom. The number of benzene rings is 2. The van der Waals surface area contributed by atoms with E-state index in [4.69, 9.17) is 4.74 Å². The number of carbonyl (C=O) groups excluding carboxylic acids is 3. The van der Waals surface area contributed by atoms with Crippen LogP contribution in [0, 0.1) is 0 Å². The Kier molecular flexibility index (Phi) is 6.62. The van der Waals surface area contributed by atoms with Crippen LogP contribution in [0.5, 0.6) is 5.75 Å². The van der Waals surface area contributed by atoms with Crippen molar-refractivity contribution < 1.29 is 27.5 Å². The number of piperidine rings is 1. The van der Waals surface area contributed by atoms with E-state index in [2.05, 4.69) is 0 Å². The minimum atomic E-state index is -3.61. The number of sulfonamides is 1. The monoisotopic (exact) mass is 470 g/mol. The number of amides is 2. The SMILES string of the molecule is CC[C@H]1Oc2ccccc2C(=O)N(CC(=O)c2ccc(S(=O)(=O)N3CCCCC3)cc2)C1=O. The molecule has 4 rings (SSSR count). The molecule has 8 nitrogen and oxygen atoms in total. The van der Waals surface area contributed by atoms with Gasteiger partial charge in [0.1, 0.15) is 5.75 Å². The van der Waals surface area contributed by atoms with E-state index in [1.807, 2.05) is 0 Å². The zero-order chi connectivity index (χ0) is 23.6. The zero-order valence-corrected chi connectivity index (χ0v) is 19.2. The number of nitrogens with zero attached hydrogens (tertiary/aromatic N) is 2. The molecule has 0 aliphatic carbocycles. The number of carbonyl (C=O) groups is 3. The number of Topliss-reactive ketones (excluding diaryl/α,β-unsaturated/α-hetero) is 1. The van der Waals surface area contributed by atoms with Crippen LogP contribution in [0.3, 0.4) is 0 Å². The van der Waals surface area contributed by atoms with Crippen molar-refractivity contribution in [1.82, 2.24) is 9.21 Å². The van der Waals surface area contributed by atoms with Crippen molar-refractivity contribution >= 4 is 27.6 Å². The van der Waals surface area contributed by atoms with Gasteiger partial charge in [0.15, 0.2) is 11.9 Å². The number of hydrogen-bond donors (Lipinski definition) is 0. The summed E-state index contributed by atoms with van der Waals surface area (Å²) >= 11 is 0. The van der Waals surface area contributed by atoms with Crippen LogP contribution in [0.1, 0.15) is 53.3 Å². The van der Waals surface area contributed by atoms with Crippen LogP contribution in [0.2, 0.25) is 0 Å². The van der Waals surface area contributed by atoms with Crippen LogP contribution in [0.4, 0.5) is 0 Å². The Balaban J connectivity index is 1.55. The quantitative estimate of drug-likeness (QED) is 0.475. The first-order valence-electron chi connectivity index (χ1n) is 11.1. The largest absolute Gasteiger partial charge is 0.480 e. The molecule has 2 heterocycles. The molecule has 0 N–H and O–H groups in total. The maximum absolute atomic E-state index is 13.0. The van der Waals surface area contributed by atoms with Crippen LogP contribution in [-0.2, 0) is 14.8 Å². The van der Waals surface area contributed by atoms with Crippen LogP contribution in [0.15, 0.2) is 53.4 Å². The van der Waals surface area contributed by atoms with Crippen LogP contribution < -0.4 is 4.74 Å². The molecule has 0 aromatic heterocycles. The average molecular weight is 471 g/mol. The molecule has 2 aromatic carbocycles. The third kappa shape index (κ3) is 4.56. The molecule has 2 amide bonds. The first-order chi connectivity index (χ1) is 15.8. The summed E-state index contributed by atoms with van der Waals surface area (Å²) < 4.78 is 32.8. The lowest BCUT2D eigenvalue weighted by atomic mass is 10.1. The number of ether oxygens (including phenoxy) is 1. The Bertz CT molecular complexity index is 1170. The second kappa shape index (κ2) is 9.44. The predicted molar refractivity (Wildman–Crippen MR) is 121 cm³/mol. The van der Waals surface area contributed by atoms with Gasteiger partial charge in [-0.25, -0.2) is 8.42 Å². The molecule has 2 aliphatic rings. The van der Waals surface area contributed by atoms with E-state index in [0.717, 1.165) is 24.2 Å². The van der Waals surface area contributed by atoms with E-state index < -0.39 is 40.3 Å². The Labute approximate surface area is 193 Å². The highest BCUT2D eigenvalue weighted by Crippen LogP contribution is 2.27. The van der Waals surface area contributed by atoms with Crippen LogP contribution >= 0.6 is 0 Å². The number of hydrogen-bond acceptors (Lipinski definition) is 6. The zero-order valence-electron chi connectivity index (χ0n) is 18.4. The van der Waals surface area contributed by atoms with Gasteiger partial charge in [-0.1, -0.05) is 25.5 Å². The first-order valence-corrected chi connectivity index (χ1v) is 12.5. The molecule has 1 saturated heterocycles. The molecule has 2 aliphatic heterocycles. The molecule has 2 aromatic rings. The van der Waals surface area contributed by atoms with E-state index in [0.29, 0.717) is 25.3 Å². The van der Waals surface area contributed by atoms with Gasteiger partial charge in [-0.2, -0.15) is 4.31 Å². The number of para-hydroxylation sites is 1. The fraction of sp³-hybridized carbons (Fsp3) is 0.375. The lowest BCUT2D eigenvalue weighted by molar-refractivity contribution is -0.135. The van der Waals surface area contributed by atoms with Gasteiger partial charge in [-0.3, -0.25) is 19.3 Å².